The predicted octanol–water partition coefficient (Wildman–Crippen LogP) is 1.49. The van der Waals surface area contributed by atoms with Crippen molar-refractivity contribution in [3.63, 3.8) is 0 Å². The van der Waals surface area contributed by atoms with Gasteiger partial charge in [-0.1, -0.05) is 6.42 Å². The van der Waals surface area contributed by atoms with Gasteiger partial charge in [0.15, 0.2) is 0 Å². The van der Waals surface area contributed by atoms with E-state index < -0.39 is 0 Å². The van der Waals surface area contributed by atoms with Crippen molar-refractivity contribution in [1.29, 1.82) is 0 Å². The van der Waals surface area contributed by atoms with E-state index in [2.05, 4.69) is 5.32 Å². The maximum Gasteiger partial charge on any atom is 0.246 e. The Morgan fingerprint density at radius 2 is 2.12 bits per heavy atom. The first-order valence-corrected chi connectivity index (χ1v) is 6.71. The Hall–Kier alpha value is -0.610. The van der Waals surface area contributed by atoms with E-state index in [1.54, 1.807) is 0 Å². The van der Waals surface area contributed by atoms with E-state index in [9.17, 15) is 4.79 Å². The van der Waals surface area contributed by atoms with Gasteiger partial charge >= 0.3 is 0 Å². The standard InChI is InChI=1S/C13H23NO3/c1-3-16-9-12(15)14-10-8-11(17-4-2)13(10)6-5-7-13/h10-11H,3-9H2,1-2H3,(H,14,15). The van der Waals surface area contributed by atoms with Crippen LogP contribution in [-0.4, -0.2) is 37.9 Å². The molecule has 2 unspecified atom stereocenters. The van der Waals surface area contributed by atoms with Gasteiger partial charge < -0.3 is 14.8 Å². The van der Waals surface area contributed by atoms with Crippen LogP contribution in [0.2, 0.25) is 0 Å². The molecule has 0 saturated heterocycles. The molecule has 0 radical (unpaired) electrons. The molecule has 0 heterocycles. The molecule has 98 valence electrons. The molecule has 0 aromatic carbocycles. The molecule has 4 heteroatoms. The summed E-state index contributed by atoms with van der Waals surface area (Å²) in [6.45, 7) is 5.47. The molecule has 2 aliphatic carbocycles. The Labute approximate surface area is 103 Å². The first-order valence-electron chi connectivity index (χ1n) is 6.71. The lowest BCUT2D eigenvalue weighted by Crippen LogP contribution is -2.67. The lowest BCUT2D eigenvalue weighted by atomic mass is 9.51. The zero-order valence-corrected chi connectivity index (χ0v) is 10.8. The van der Waals surface area contributed by atoms with E-state index >= 15 is 0 Å². The fourth-order valence-corrected chi connectivity index (χ4v) is 3.07. The number of hydrogen-bond acceptors (Lipinski definition) is 3. The Kier molecular flexibility index (Phi) is 4.05. The predicted molar refractivity (Wildman–Crippen MR) is 64.7 cm³/mol. The van der Waals surface area contributed by atoms with Crippen molar-refractivity contribution in [2.24, 2.45) is 5.41 Å². The molecule has 0 aliphatic heterocycles. The number of hydrogen-bond donors (Lipinski definition) is 1. The van der Waals surface area contributed by atoms with E-state index in [1.165, 1.54) is 19.3 Å². The topological polar surface area (TPSA) is 47.6 Å². The minimum absolute atomic E-state index is 0.0121. The van der Waals surface area contributed by atoms with Crippen LogP contribution in [0.4, 0.5) is 0 Å². The minimum Gasteiger partial charge on any atom is -0.378 e. The molecule has 0 bridgehead atoms. The number of rotatable bonds is 6. The van der Waals surface area contributed by atoms with Crippen molar-refractivity contribution < 1.29 is 14.3 Å². The Bertz CT molecular complexity index is 276. The lowest BCUT2D eigenvalue weighted by Gasteiger charge is -2.61. The molecular weight excluding hydrogens is 218 g/mol. The van der Waals surface area contributed by atoms with Crippen molar-refractivity contribution in [3.8, 4) is 0 Å². The molecule has 2 saturated carbocycles. The largest absolute Gasteiger partial charge is 0.378 e. The van der Waals surface area contributed by atoms with Crippen LogP contribution in [0.15, 0.2) is 0 Å². The number of carbonyl (C=O) groups is 1. The van der Waals surface area contributed by atoms with Crippen LogP contribution in [0.3, 0.4) is 0 Å². The third-order valence-corrected chi connectivity index (χ3v) is 4.21. The number of nitrogens with one attached hydrogen (secondary N) is 1. The van der Waals surface area contributed by atoms with Gasteiger partial charge in [0, 0.05) is 24.7 Å². The summed E-state index contributed by atoms with van der Waals surface area (Å²) in [6, 6.07) is 0.306. The molecule has 0 aromatic rings. The van der Waals surface area contributed by atoms with Crippen LogP contribution in [0, 0.1) is 5.41 Å². The summed E-state index contributed by atoms with van der Waals surface area (Å²) in [6.07, 6.45) is 4.97. The van der Waals surface area contributed by atoms with Crippen LogP contribution in [-0.2, 0) is 14.3 Å². The average molecular weight is 241 g/mol. The highest BCUT2D eigenvalue weighted by atomic mass is 16.5. The number of ether oxygens (including phenoxy) is 2. The summed E-state index contributed by atoms with van der Waals surface area (Å²) in [7, 11) is 0. The zero-order valence-electron chi connectivity index (χ0n) is 10.8. The maximum absolute atomic E-state index is 11.6. The Morgan fingerprint density at radius 3 is 2.65 bits per heavy atom. The van der Waals surface area contributed by atoms with Crippen molar-refractivity contribution in [3.05, 3.63) is 0 Å². The van der Waals surface area contributed by atoms with E-state index in [1.807, 2.05) is 13.8 Å². The molecule has 17 heavy (non-hydrogen) atoms. The van der Waals surface area contributed by atoms with Gasteiger partial charge in [0.05, 0.1) is 6.10 Å². The number of amides is 1. The number of carbonyl (C=O) groups excluding carboxylic acids is 1. The summed E-state index contributed by atoms with van der Waals surface area (Å²) in [4.78, 5) is 11.6. The molecule has 1 amide bonds. The van der Waals surface area contributed by atoms with E-state index in [4.69, 9.17) is 9.47 Å². The van der Waals surface area contributed by atoms with Crippen LogP contribution >= 0.6 is 0 Å². The second-order valence-corrected chi connectivity index (χ2v) is 5.02. The monoisotopic (exact) mass is 241 g/mol. The summed E-state index contributed by atoms with van der Waals surface area (Å²) < 4.78 is 10.9. The zero-order chi connectivity index (χ0) is 12.3. The van der Waals surface area contributed by atoms with Crippen LogP contribution in [0.25, 0.3) is 0 Å². The average Bonchev–Trinajstić information content (AvgIpc) is 2.22. The van der Waals surface area contributed by atoms with Crippen LogP contribution < -0.4 is 5.32 Å². The second-order valence-electron chi connectivity index (χ2n) is 5.02. The van der Waals surface area contributed by atoms with Crippen molar-refractivity contribution in [1.82, 2.24) is 5.32 Å². The fourth-order valence-electron chi connectivity index (χ4n) is 3.07. The summed E-state index contributed by atoms with van der Waals surface area (Å²) in [5, 5.41) is 3.09. The highest BCUT2D eigenvalue weighted by Crippen LogP contribution is 2.57. The van der Waals surface area contributed by atoms with Gasteiger partial charge in [-0.2, -0.15) is 0 Å². The molecule has 1 N–H and O–H groups in total. The van der Waals surface area contributed by atoms with Gasteiger partial charge in [-0.15, -0.1) is 0 Å². The van der Waals surface area contributed by atoms with E-state index in [0.29, 0.717) is 18.8 Å². The smallest absolute Gasteiger partial charge is 0.246 e. The first kappa shape index (κ1) is 12.8. The third-order valence-electron chi connectivity index (χ3n) is 4.21. The summed E-state index contributed by atoms with van der Waals surface area (Å²) in [5.74, 6) is 0.0121. The maximum atomic E-state index is 11.6. The highest BCUT2D eigenvalue weighted by Gasteiger charge is 2.59. The van der Waals surface area contributed by atoms with Crippen molar-refractivity contribution in [2.75, 3.05) is 19.8 Å². The SMILES string of the molecule is CCOCC(=O)NC1CC(OCC)C12CCC2. The molecule has 2 aliphatic rings. The molecule has 1 spiro atoms. The summed E-state index contributed by atoms with van der Waals surface area (Å²) >= 11 is 0. The molecular formula is C13H23NO3. The minimum atomic E-state index is 0.0121. The van der Waals surface area contributed by atoms with Crippen molar-refractivity contribution >= 4 is 5.91 Å². The van der Waals surface area contributed by atoms with E-state index in [0.717, 1.165) is 13.0 Å². The second kappa shape index (κ2) is 5.36. The van der Waals surface area contributed by atoms with Gasteiger partial charge in [0.25, 0.3) is 0 Å². The van der Waals surface area contributed by atoms with Crippen LogP contribution in [0.5, 0.6) is 0 Å². The summed E-state index contributed by atoms with van der Waals surface area (Å²) in [5.41, 5.74) is 0.248. The molecule has 0 aromatic heterocycles. The molecule has 4 nitrogen and oxygen atoms in total. The Balaban J connectivity index is 1.81. The van der Waals surface area contributed by atoms with E-state index in [-0.39, 0.29) is 17.9 Å². The fraction of sp³-hybridized carbons (Fsp3) is 0.923. The van der Waals surface area contributed by atoms with Crippen molar-refractivity contribution in [2.45, 2.75) is 51.7 Å². The molecule has 2 atom stereocenters. The highest BCUT2D eigenvalue weighted by molar-refractivity contribution is 5.77. The first-order chi connectivity index (χ1) is 8.23. The van der Waals surface area contributed by atoms with Crippen LogP contribution in [0.1, 0.15) is 39.5 Å². The third kappa shape index (κ3) is 2.33. The molecule has 2 fully saturated rings. The quantitative estimate of drug-likeness (QED) is 0.766. The van der Waals surface area contributed by atoms with Gasteiger partial charge in [-0.25, -0.2) is 0 Å². The molecule has 2 rings (SSSR count). The van der Waals surface area contributed by atoms with Gasteiger partial charge in [-0.3, -0.25) is 4.79 Å². The van der Waals surface area contributed by atoms with Gasteiger partial charge in [0.2, 0.25) is 5.91 Å². The van der Waals surface area contributed by atoms with Gasteiger partial charge in [0.1, 0.15) is 6.61 Å². The Morgan fingerprint density at radius 1 is 1.35 bits per heavy atom. The normalized spacial score (nSPS) is 29.5. The van der Waals surface area contributed by atoms with Gasteiger partial charge in [-0.05, 0) is 33.1 Å². The lowest BCUT2D eigenvalue weighted by molar-refractivity contribution is -0.176.